The van der Waals surface area contributed by atoms with E-state index >= 15 is 0 Å². The molecule has 3 rings (SSSR count). The zero-order valence-corrected chi connectivity index (χ0v) is 12.6. The number of nitroso groups, excluding NO2 is 1. The Morgan fingerprint density at radius 3 is 3.00 bits per heavy atom. The van der Waals surface area contributed by atoms with Crippen LogP contribution in [0.5, 0.6) is 5.75 Å². The minimum Gasteiger partial charge on any atom is -0.508 e. The van der Waals surface area contributed by atoms with E-state index in [0.717, 1.165) is 36.8 Å². The maximum absolute atomic E-state index is 11.2. The number of phenols is 1. The van der Waals surface area contributed by atoms with Gasteiger partial charge in [-0.15, -0.1) is 16.2 Å². The second kappa shape index (κ2) is 6.26. The average molecular weight is 302 g/mol. The molecule has 110 valence electrons. The minimum atomic E-state index is 0.136. The van der Waals surface area contributed by atoms with Crippen LogP contribution in [0.2, 0.25) is 0 Å². The first-order valence-corrected chi connectivity index (χ1v) is 8.08. The van der Waals surface area contributed by atoms with Crippen molar-refractivity contribution in [2.24, 2.45) is 5.29 Å². The summed E-state index contributed by atoms with van der Waals surface area (Å²) in [7, 11) is 0. The Hall–Kier alpha value is -1.88. The summed E-state index contributed by atoms with van der Waals surface area (Å²) in [4.78, 5) is 12.4. The van der Waals surface area contributed by atoms with E-state index in [-0.39, 0.29) is 6.04 Å². The molecule has 0 saturated heterocycles. The maximum Gasteiger partial charge on any atom is 0.119 e. The van der Waals surface area contributed by atoms with E-state index in [1.807, 2.05) is 23.6 Å². The van der Waals surface area contributed by atoms with E-state index in [0.29, 0.717) is 12.3 Å². The van der Waals surface area contributed by atoms with Gasteiger partial charge in [-0.3, -0.25) is 5.01 Å². The number of hydrogen-bond donors (Lipinski definition) is 1. The highest BCUT2D eigenvalue weighted by Crippen LogP contribution is 2.30. The van der Waals surface area contributed by atoms with Crippen LogP contribution in [0.1, 0.15) is 22.4 Å². The molecule has 0 saturated carbocycles. The number of aromatic hydroxyl groups is 1. The van der Waals surface area contributed by atoms with Crippen LogP contribution in [0.4, 0.5) is 0 Å². The van der Waals surface area contributed by atoms with Gasteiger partial charge in [0.05, 0.1) is 11.3 Å². The van der Waals surface area contributed by atoms with E-state index in [9.17, 15) is 10.0 Å². The molecule has 4 nitrogen and oxygen atoms in total. The zero-order chi connectivity index (χ0) is 14.7. The van der Waals surface area contributed by atoms with Gasteiger partial charge < -0.3 is 5.11 Å². The summed E-state index contributed by atoms with van der Waals surface area (Å²) in [5, 5.41) is 16.8. The van der Waals surface area contributed by atoms with E-state index in [1.165, 1.54) is 4.88 Å². The van der Waals surface area contributed by atoms with Crippen LogP contribution in [0, 0.1) is 4.91 Å². The Bertz CT molecular complexity index is 613. The van der Waals surface area contributed by atoms with Gasteiger partial charge in [0.1, 0.15) is 5.75 Å². The van der Waals surface area contributed by atoms with E-state index in [1.54, 1.807) is 22.4 Å². The third-order valence-electron chi connectivity index (χ3n) is 4.13. The van der Waals surface area contributed by atoms with Crippen molar-refractivity contribution in [3.8, 4) is 5.75 Å². The lowest BCUT2D eigenvalue weighted by Crippen LogP contribution is -2.36. The molecule has 1 heterocycles. The summed E-state index contributed by atoms with van der Waals surface area (Å²) in [5.41, 5.74) is 2.16. The molecule has 0 spiro atoms. The van der Waals surface area contributed by atoms with Gasteiger partial charge in [-0.25, -0.2) is 0 Å². The summed E-state index contributed by atoms with van der Waals surface area (Å²) in [6, 6.07) is 9.87. The van der Waals surface area contributed by atoms with Crippen LogP contribution < -0.4 is 0 Å². The SMILES string of the molecule is O=NN(CCc1cccs1)C1CCc2c(O)cccc2C1. The Morgan fingerprint density at radius 1 is 1.33 bits per heavy atom. The van der Waals surface area contributed by atoms with Gasteiger partial charge in [-0.05, 0) is 47.9 Å². The second-order valence-electron chi connectivity index (χ2n) is 5.39. The molecular weight excluding hydrogens is 284 g/mol. The molecule has 0 fully saturated rings. The first-order valence-electron chi connectivity index (χ1n) is 7.20. The van der Waals surface area contributed by atoms with Crippen LogP contribution in [-0.2, 0) is 19.3 Å². The Kier molecular flexibility index (Phi) is 4.20. The number of nitrogens with zero attached hydrogens (tertiary/aromatic N) is 2. The largest absolute Gasteiger partial charge is 0.508 e. The van der Waals surface area contributed by atoms with Crippen LogP contribution in [-0.4, -0.2) is 22.7 Å². The number of rotatable bonds is 5. The molecule has 1 N–H and O–H groups in total. The van der Waals surface area contributed by atoms with Crippen molar-refractivity contribution in [1.82, 2.24) is 5.01 Å². The van der Waals surface area contributed by atoms with Gasteiger partial charge in [-0.2, -0.15) is 0 Å². The molecule has 1 unspecified atom stereocenters. The highest BCUT2D eigenvalue weighted by molar-refractivity contribution is 7.09. The number of phenolic OH excluding ortho intramolecular Hbond substituents is 1. The third kappa shape index (κ3) is 3.08. The van der Waals surface area contributed by atoms with Gasteiger partial charge in [0.15, 0.2) is 0 Å². The summed E-state index contributed by atoms with van der Waals surface area (Å²) in [5.74, 6) is 0.371. The van der Waals surface area contributed by atoms with Crippen molar-refractivity contribution in [2.45, 2.75) is 31.7 Å². The predicted molar refractivity (Wildman–Crippen MR) is 84.4 cm³/mol. The Morgan fingerprint density at radius 2 is 2.24 bits per heavy atom. The molecule has 1 aliphatic rings. The third-order valence-corrected chi connectivity index (χ3v) is 5.06. The normalized spacial score (nSPS) is 17.2. The fourth-order valence-electron chi connectivity index (χ4n) is 2.99. The predicted octanol–water partition coefficient (Wildman–Crippen LogP) is 3.54. The van der Waals surface area contributed by atoms with Gasteiger partial charge >= 0.3 is 0 Å². The van der Waals surface area contributed by atoms with E-state index in [4.69, 9.17) is 0 Å². The Labute approximate surface area is 128 Å². The molecule has 0 radical (unpaired) electrons. The van der Waals surface area contributed by atoms with Gasteiger partial charge in [0, 0.05) is 17.8 Å². The van der Waals surface area contributed by atoms with Crippen molar-refractivity contribution >= 4 is 11.3 Å². The number of fused-ring (bicyclic) bond motifs is 1. The molecule has 1 atom stereocenters. The molecule has 1 aromatic heterocycles. The highest BCUT2D eigenvalue weighted by atomic mass is 32.1. The van der Waals surface area contributed by atoms with Crippen LogP contribution in [0.15, 0.2) is 41.0 Å². The van der Waals surface area contributed by atoms with Crippen molar-refractivity contribution in [1.29, 1.82) is 0 Å². The zero-order valence-electron chi connectivity index (χ0n) is 11.7. The molecular formula is C16H18N2O2S. The minimum absolute atomic E-state index is 0.136. The average Bonchev–Trinajstić information content (AvgIpc) is 3.01. The van der Waals surface area contributed by atoms with Gasteiger partial charge in [0.25, 0.3) is 0 Å². The van der Waals surface area contributed by atoms with Crippen LogP contribution in [0.25, 0.3) is 0 Å². The fourth-order valence-corrected chi connectivity index (χ4v) is 3.69. The van der Waals surface area contributed by atoms with Crippen molar-refractivity contribution in [2.75, 3.05) is 6.54 Å². The number of benzene rings is 1. The second-order valence-corrected chi connectivity index (χ2v) is 6.42. The molecule has 1 aliphatic carbocycles. The summed E-state index contributed by atoms with van der Waals surface area (Å²) in [6.07, 6.45) is 3.30. The lowest BCUT2D eigenvalue weighted by atomic mass is 9.87. The number of thiophene rings is 1. The molecule has 5 heteroatoms. The molecule has 0 bridgehead atoms. The van der Waals surface area contributed by atoms with Gasteiger partial charge in [-0.1, -0.05) is 18.2 Å². The van der Waals surface area contributed by atoms with Crippen molar-refractivity contribution in [3.63, 3.8) is 0 Å². The lowest BCUT2D eigenvalue weighted by molar-refractivity contribution is 0.186. The summed E-state index contributed by atoms with van der Waals surface area (Å²) >= 11 is 1.71. The standard InChI is InChI=1S/C16H18N2O2S/c19-16-5-1-3-12-11-13(6-7-15(12)16)18(17-20)9-8-14-4-2-10-21-14/h1-5,10,13,19H,6-9,11H2. The highest BCUT2D eigenvalue weighted by Gasteiger charge is 2.25. The van der Waals surface area contributed by atoms with Crippen LogP contribution >= 0.6 is 11.3 Å². The number of hydrogen-bond acceptors (Lipinski definition) is 4. The fraction of sp³-hybridized carbons (Fsp3) is 0.375. The maximum atomic E-state index is 11.2. The summed E-state index contributed by atoms with van der Waals surface area (Å²) in [6.45, 7) is 0.656. The van der Waals surface area contributed by atoms with E-state index in [2.05, 4.69) is 11.4 Å². The quantitative estimate of drug-likeness (QED) is 0.679. The lowest BCUT2D eigenvalue weighted by Gasteiger charge is -2.31. The molecule has 0 amide bonds. The smallest absolute Gasteiger partial charge is 0.119 e. The first-order chi connectivity index (χ1) is 10.3. The summed E-state index contributed by atoms with van der Waals surface area (Å²) < 4.78 is 0. The van der Waals surface area contributed by atoms with Crippen molar-refractivity contribution < 1.29 is 5.11 Å². The Balaban J connectivity index is 1.67. The van der Waals surface area contributed by atoms with Gasteiger partial charge in [0.2, 0.25) is 0 Å². The molecule has 21 heavy (non-hydrogen) atoms. The van der Waals surface area contributed by atoms with E-state index < -0.39 is 0 Å². The van der Waals surface area contributed by atoms with Crippen LogP contribution in [0.3, 0.4) is 0 Å². The molecule has 1 aromatic carbocycles. The van der Waals surface area contributed by atoms with Crippen molar-refractivity contribution in [3.05, 3.63) is 56.6 Å². The monoisotopic (exact) mass is 302 g/mol. The molecule has 0 aliphatic heterocycles. The molecule has 2 aromatic rings. The first kappa shape index (κ1) is 14.1. The topological polar surface area (TPSA) is 52.9 Å².